The maximum absolute atomic E-state index is 11.4. The number of amides is 1. The van der Waals surface area contributed by atoms with Gasteiger partial charge in [-0.25, -0.2) is 4.98 Å². The standard InChI is InChI=1S/C11H12N4O2/c1-8-2-3-9(17-8)4-5-11(16)12-6-10-13-7-14-15-10/h2-5,7H,6H2,1H3,(H,12,16)(H,13,14,15)/b5-4+. The third kappa shape index (κ3) is 3.30. The van der Waals surface area contributed by atoms with Gasteiger partial charge in [0.15, 0.2) is 0 Å². The molecular formula is C11H12N4O2. The molecule has 2 N–H and O–H groups in total. The summed E-state index contributed by atoms with van der Waals surface area (Å²) in [4.78, 5) is 15.3. The third-order valence-corrected chi connectivity index (χ3v) is 2.06. The van der Waals surface area contributed by atoms with Crippen LogP contribution in [0.1, 0.15) is 17.3 Å². The average molecular weight is 232 g/mol. The van der Waals surface area contributed by atoms with Crippen molar-refractivity contribution < 1.29 is 9.21 Å². The summed E-state index contributed by atoms with van der Waals surface area (Å²) in [6.07, 6.45) is 4.42. The summed E-state index contributed by atoms with van der Waals surface area (Å²) in [5.41, 5.74) is 0. The molecule has 0 aliphatic heterocycles. The summed E-state index contributed by atoms with van der Waals surface area (Å²) >= 11 is 0. The molecule has 0 aliphatic carbocycles. The molecule has 2 aromatic heterocycles. The van der Waals surface area contributed by atoms with E-state index in [0.29, 0.717) is 18.1 Å². The number of aryl methyl sites for hydroxylation is 1. The van der Waals surface area contributed by atoms with E-state index in [1.54, 1.807) is 12.1 Å². The fourth-order valence-corrected chi connectivity index (χ4v) is 1.25. The lowest BCUT2D eigenvalue weighted by molar-refractivity contribution is -0.116. The van der Waals surface area contributed by atoms with Crippen LogP contribution in [0.15, 0.2) is 29.0 Å². The zero-order chi connectivity index (χ0) is 12.1. The lowest BCUT2D eigenvalue weighted by Crippen LogP contribution is -2.20. The van der Waals surface area contributed by atoms with Gasteiger partial charge in [0.25, 0.3) is 0 Å². The number of aromatic amines is 1. The van der Waals surface area contributed by atoms with Crippen molar-refractivity contribution in [2.75, 3.05) is 0 Å². The number of nitrogens with one attached hydrogen (secondary N) is 2. The Morgan fingerprint density at radius 3 is 3.12 bits per heavy atom. The first-order valence-electron chi connectivity index (χ1n) is 5.10. The maximum Gasteiger partial charge on any atom is 0.244 e. The van der Waals surface area contributed by atoms with Crippen molar-refractivity contribution in [1.82, 2.24) is 20.5 Å². The zero-order valence-corrected chi connectivity index (χ0v) is 9.30. The number of carbonyl (C=O) groups is 1. The van der Waals surface area contributed by atoms with Gasteiger partial charge in [-0.05, 0) is 25.1 Å². The Morgan fingerprint density at radius 1 is 1.59 bits per heavy atom. The second-order valence-corrected chi connectivity index (χ2v) is 3.43. The number of nitrogens with zero attached hydrogens (tertiary/aromatic N) is 2. The maximum atomic E-state index is 11.4. The molecule has 0 radical (unpaired) electrons. The number of furan rings is 1. The lowest BCUT2D eigenvalue weighted by Gasteiger charge is -1.97. The minimum Gasteiger partial charge on any atom is -0.462 e. The van der Waals surface area contributed by atoms with Gasteiger partial charge in [0, 0.05) is 6.08 Å². The van der Waals surface area contributed by atoms with Crippen molar-refractivity contribution in [3.63, 3.8) is 0 Å². The van der Waals surface area contributed by atoms with E-state index in [-0.39, 0.29) is 5.91 Å². The molecule has 0 unspecified atom stereocenters. The van der Waals surface area contributed by atoms with Crippen LogP contribution >= 0.6 is 0 Å². The molecular weight excluding hydrogens is 220 g/mol. The fourth-order valence-electron chi connectivity index (χ4n) is 1.25. The Morgan fingerprint density at radius 2 is 2.47 bits per heavy atom. The van der Waals surface area contributed by atoms with Gasteiger partial charge in [0.05, 0.1) is 6.54 Å². The minimum absolute atomic E-state index is 0.213. The van der Waals surface area contributed by atoms with Crippen molar-refractivity contribution in [3.05, 3.63) is 41.9 Å². The number of aromatic nitrogens is 3. The highest BCUT2D eigenvalue weighted by molar-refractivity contribution is 5.91. The Bertz CT molecular complexity index is 513. The summed E-state index contributed by atoms with van der Waals surface area (Å²) < 4.78 is 5.29. The molecule has 0 spiro atoms. The molecule has 2 aromatic rings. The van der Waals surface area contributed by atoms with Gasteiger partial charge in [-0.1, -0.05) is 0 Å². The highest BCUT2D eigenvalue weighted by Gasteiger charge is 1.99. The summed E-state index contributed by atoms with van der Waals surface area (Å²) in [5.74, 6) is 1.86. The summed E-state index contributed by atoms with van der Waals surface area (Å²) in [7, 11) is 0. The SMILES string of the molecule is Cc1ccc(/C=C/C(=O)NCc2ncn[nH]2)o1. The fraction of sp³-hybridized carbons (Fsp3) is 0.182. The van der Waals surface area contributed by atoms with Gasteiger partial charge in [-0.15, -0.1) is 0 Å². The molecule has 0 bridgehead atoms. The van der Waals surface area contributed by atoms with Crippen LogP contribution in [-0.2, 0) is 11.3 Å². The average Bonchev–Trinajstić information content (AvgIpc) is 2.95. The molecule has 0 aromatic carbocycles. The van der Waals surface area contributed by atoms with Gasteiger partial charge in [-0.3, -0.25) is 9.89 Å². The first-order chi connectivity index (χ1) is 8.24. The first-order valence-corrected chi connectivity index (χ1v) is 5.10. The van der Waals surface area contributed by atoms with Crippen LogP contribution in [0, 0.1) is 6.92 Å². The van der Waals surface area contributed by atoms with Gasteiger partial charge >= 0.3 is 0 Å². The quantitative estimate of drug-likeness (QED) is 0.771. The first kappa shape index (κ1) is 11.1. The van der Waals surface area contributed by atoms with E-state index < -0.39 is 0 Å². The van der Waals surface area contributed by atoms with Gasteiger partial charge < -0.3 is 9.73 Å². The molecule has 6 nitrogen and oxygen atoms in total. The number of rotatable bonds is 4. The highest BCUT2D eigenvalue weighted by atomic mass is 16.3. The van der Waals surface area contributed by atoms with Crippen LogP contribution in [0.3, 0.4) is 0 Å². The largest absolute Gasteiger partial charge is 0.462 e. The minimum atomic E-state index is -0.213. The van der Waals surface area contributed by atoms with E-state index in [1.165, 1.54) is 12.4 Å². The Balaban J connectivity index is 1.83. The monoisotopic (exact) mass is 232 g/mol. The normalized spacial score (nSPS) is 10.9. The second kappa shape index (κ2) is 5.11. The number of hydrogen-bond acceptors (Lipinski definition) is 4. The van der Waals surface area contributed by atoms with E-state index in [1.807, 2.05) is 13.0 Å². The summed E-state index contributed by atoms with van der Waals surface area (Å²) in [6, 6.07) is 3.64. The molecule has 0 fully saturated rings. The molecule has 0 aliphatic rings. The molecule has 6 heteroatoms. The van der Waals surface area contributed by atoms with Gasteiger partial charge in [0.1, 0.15) is 23.7 Å². The van der Waals surface area contributed by atoms with E-state index >= 15 is 0 Å². The highest BCUT2D eigenvalue weighted by Crippen LogP contribution is 2.07. The van der Waals surface area contributed by atoms with E-state index in [4.69, 9.17) is 4.42 Å². The van der Waals surface area contributed by atoms with E-state index in [0.717, 1.165) is 5.76 Å². The van der Waals surface area contributed by atoms with Crippen LogP contribution in [0.2, 0.25) is 0 Å². The van der Waals surface area contributed by atoms with Crippen molar-refractivity contribution in [1.29, 1.82) is 0 Å². The van der Waals surface area contributed by atoms with E-state index in [2.05, 4.69) is 20.5 Å². The molecule has 0 saturated carbocycles. The Hall–Kier alpha value is -2.37. The van der Waals surface area contributed by atoms with Crippen molar-refractivity contribution in [2.45, 2.75) is 13.5 Å². The number of hydrogen-bond donors (Lipinski definition) is 2. The molecule has 88 valence electrons. The lowest BCUT2D eigenvalue weighted by atomic mass is 10.4. The van der Waals surface area contributed by atoms with Crippen LogP contribution in [-0.4, -0.2) is 21.1 Å². The smallest absolute Gasteiger partial charge is 0.244 e. The van der Waals surface area contributed by atoms with Crippen molar-refractivity contribution >= 4 is 12.0 Å². The van der Waals surface area contributed by atoms with E-state index in [9.17, 15) is 4.79 Å². The topological polar surface area (TPSA) is 83.8 Å². The molecule has 2 heterocycles. The molecule has 0 saturated heterocycles. The molecule has 0 atom stereocenters. The third-order valence-electron chi connectivity index (χ3n) is 2.06. The number of carbonyl (C=O) groups excluding carboxylic acids is 1. The summed E-state index contributed by atoms with van der Waals surface area (Å²) in [6.45, 7) is 2.17. The molecule has 17 heavy (non-hydrogen) atoms. The van der Waals surface area contributed by atoms with Crippen molar-refractivity contribution in [2.24, 2.45) is 0 Å². The number of H-pyrrole nitrogens is 1. The Labute approximate surface area is 97.7 Å². The van der Waals surface area contributed by atoms with Crippen LogP contribution in [0.25, 0.3) is 6.08 Å². The molecule has 1 amide bonds. The molecule has 2 rings (SSSR count). The van der Waals surface area contributed by atoms with Gasteiger partial charge in [0.2, 0.25) is 5.91 Å². The zero-order valence-electron chi connectivity index (χ0n) is 9.30. The van der Waals surface area contributed by atoms with Crippen LogP contribution in [0.5, 0.6) is 0 Å². The predicted octanol–water partition coefficient (Wildman–Crippen LogP) is 1.04. The van der Waals surface area contributed by atoms with Crippen LogP contribution in [0.4, 0.5) is 0 Å². The second-order valence-electron chi connectivity index (χ2n) is 3.43. The predicted molar refractivity (Wildman–Crippen MR) is 60.7 cm³/mol. The Kier molecular flexibility index (Phi) is 3.34. The van der Waals surface area contributed by atoms with Crippen molar-refractivity contribution in [3.8, 4) is 0 Å². The van der Waals surface area contributed by atoms with Gasteiger partial charge in [-0.2, -0.15) is 5.10 Å². The summed E-state index contributed by atoms with van der Waals surface area (Å²) in [5, 5.41) is 8.99. The van der Waals surface area contributed by atoms with Crippen LogP contribution < -0.4 is 5.32 Å².